The maximum atomic E-state index is 11.3. The first kappa shape index (κ1) is 10.0. The number of aromatic nitrogens is 2. The summed E-state index contributed by atoms with van der Waals surface area (Å²) >= 11 is 0. The predicted octanol–water partition coefficient (Wildman–Crippen LogP) is 0.864. The van der Waals surface area contributed by atoms with Gasteiger partial charge in [0.1, 0.15) is 5.54 Å². The molecule has 0 saturated heterocycles. The van der Waals surface area contributed by atoms with Crippen molar-refractivity contribution in [3.05, 3.63) is 12.4 Å². The molecule has 82 valence electrons. The fourth-order valence-electron chi connectivity index (χ4n) is 2.08. The molecule has 5 nitrogen and oxygen atoms in total. The Balaban J connectivity index is 2.31. The maximum absolute atomic E-state index is 11.3. The Morgan fingerprint density at radius 1 is 1.67 bits per heavy atom. The standard InChI is InChI=1S/C10H15N3O2/c1-12-7-6-11-9(12)13(2)10(8(14)15)4-3-5-10/h6-7H,3-5H2,1-2H3,(H,14,15). The van der Waals surface area contributed by atoms with E-state index in [1.54, 1.807) is 18.1 Å². The fraction of sp³-hybridized carbons (Fsp3) is 0.600. The minimum Gasteiger partial charge on any atom is -0.479 e. The maximum Gasteiger partial charge on any atom is 0.329 e. The van der Waals surface area contributed by atoms with E-state index in [2.05, 4.69) is 4.98 Å². The van der Waals surface area contributed by atoms with Crippen LogP contribution in [-0.2, 0) is 11.8 Å². The number of hydrogen-bond donors (Lipinski definition) is 1. The van der Waals surface area contributed by atoms with Gasteiger partial charge >= 0.3 is 5.97 Å². The van der Waals surface area contributed by atoms with E-state index in [0.717, 1.165) is 6.42 Å². The molecule has 5 heteroatoms. The summed E-state index contributed by atoms with van der Waals surface area (Å²) in [4.78, 5) is 17.2. The minimum absolute atomic E-state index is 0.700. The van der Waals surface area contributed by atoms with Crippen LogP contribution in [0.1, 0.15) is 19.3 Å². The van der Waals surface area contributed by atoms with Crippen LogP contribution in [0.2, 0.25) is 0 Å². The number of aryl methyl sites for hydroxylation is 1. The van der Waals surface area contributed by atoms with Gasteiger partial charge in [-0.1, -0.05) is 0 Å². The molecule has 1 saturated carbocycles. The molecular formula is C10H15N3O2. The normalized spacial score (nSPS) is 18.3. The van der Waals surface area contributed by atoms with Crippen molar-refractivity contribution in [2.24, 2.45) is 7.05 Å². The highest BCUT2D eigenvalue weighted by Crippen LogP contribution is 2.38. The zero-order chi connectivity index (χ0) is 11.1. The Morgan fingerprint density at radius 3 is 2.67 bits per heavy atom. The van der Waals surface area contributed by atoms with E-state index >= 15 is 0 Å². The number of anilines is 1. The van der Waals surface area contributed by atoms with E-state index in [0.29, 0.717) is 18.8 Å². The van der Waals surface area contributed by atoms with Gasteiger partial charge in [0.2, 0.25) is 5.95 Å². The summed E-state index contributed by atoms with van der Waals surface area (Å²) in [6, 6.07) is 0. The van der Waals surface area contributed by atoms with Crippen molar-refractivity contribution in [1.29, 1.82) is 0 Å². The molecule has 0 aromatic carbocycles. The first-order valence-corrected chi connectivity index (χ1v) is 5.02. The third-order valence-electron chi connectivity index (χ3n) is 3.32. The molecule has 0 spiro atoms. The molecule has 1 fully saturated rings. The molecule has 0 bridgehead atoms. The molecule has 15 heavy (non-hydrogen) atoms. The third-order valence-corrected chi connectivity index (χ3v) is 3.32. The van der Waals surface area contributed by atoms with Crippen LogP contribution in [0.25, 0.3) is 0 Å². The van der Waals surface area contributed by atoms with Gasteiger partial charge in [-0.25, -0.2) is 9.78 Å². The van der Waals surface area contributed by atoms with Gasteiger partial charge in [-0.3, -0.25) is 0 Å². The highest BCUT2D eigenvalue weighted by atomic mass is 16.4. The van der Waals surface area contributed by atoms with E-state index in [1.165, 1.54) is 0 Å². The smallest absolute Gasteiger partial charge is 0.329 e. The van der Waals surface area contributed by atoms with Gasteiger partial charge in [0.25, 0.3) is 0 Å². The predicted molar refractivity (Wildman–Crippen MR) is 55.8 cm³/mol. The second-order valence-corrected chi connectivity index (χ2v) is 4.09. The quantitative estimate of drug-likeness (QED) is 0.802. The first-order valence-electron chi connectivity index (χ1n) is 5.02. The van der Waals surface area contributed by atoms with Gasteiger partial charge in [-0.05, 0) is 19.3 Å². The lowest BCUT2D eigenvalue weighted by Gasteiger charge is -2.45. The molecule has 1 aromatic rings. The lowest BCUT2D eigenvalue weighted by molar-refractivity contribution is -0.146. The first-order chi connectivity index (χ1) is 7.08. The van der Waals surface area contributed by atoms with Gasteiger partial charge in [0.15, 0.2) is 0 Å². The number of likely N-dealkylation sites (N-methyl/N-ethyl adjacent to an activating group) is 1. The number of carboxylic acid groups (broad SMARTS) is 1. The fourth-order valence-corrected chi connectivity index (χ4v) is 2.08. The van der Waals surface area contributed by atoms with Crippen molar-refractivity contribution in [3.63, 3.8) is 0 Å². The van der Waals surface area contributed by atoms with Crippen molar-refractivity contribution >= 4 is 11.9 Å². The number of imidazole rings is 1. The Morgan fingerprint density at radius 2 is 2.33 bits per heavy atom. The zero-order valence-electron chi connectivity index (χ0n) is 8.97. The SMILES string of the molecule is CN(c1nccn1C)C1(C(=O)O)CCC1. The van der Waals surface area contributed by atoms with Crippen molar-refractivity contribution in [1.82, 2.24) is 9.55 Å². The molecule has 1 aliphatic carbocycles. The molecule has 0 atom stereocenters. The Labute approximate surface area is 88.3 Å². The van der Waals surface area contributed by atoms with E-state index < -0.39 is 11.5 Å². The molecule has 1 N–H and O–H groups in total. The van der Waals surface area contributed by atoms with Gasteiger partial charge in [0, 0.05) is 26.5 Å². The van der Waals surface area contributed by atoms with E-state index in [-0.39, 0.29) is 0 Å². The average Bonchev–Trinajstić information content (AvgIpc) is 2.48. The zero-order valence-corrected chi connectivity index (χ0v) is 8.97. The number of nitrogens with zero attached hydrogens (tertiary/aromatic N) is 3. The summed E-state index contributed by atoms with van der Waals surface area (Å²) in [7, 11) is 3.67. The van der Waals surface area contributed by atoms with Gasteiger partial charge in [-0.2, -0.15) is 0 Å². The molecule has 0 aliphatic heterocycles. The van der Waals surface area contributed by atoms with Gasteiger partial charge in [0.05, 0.1) is 0 Å². The van der Waals surface area contributed by atoms with Crippen LogP contribution in [0.5, 0.6) is 0 Å². The topological polar surface area (TPSA) is 58.4 Å². The summed E-state index contributed by atoms with van der Waals surface area (Å²) < 4.78 is 1.84. The number of hydrogen-bond acceptors (Lipinski definition) is 3. The van der Waals surface area contributed by atoms with E-state index in [9.17, 15) is 9.90 Å². The number of aliphatic carboxylic acids is 1. The number of carboxylic acids is 1. The molecule has 1 aliphatic rings. The molecule has 1 aromatic heterocycles. The van der Waals surface area contributed by atoms with Crippen LogP contribution in [-0.4, -0.2) is 33.2 Å². The average molecular weight is 209 g/mol. The Kier molecular flexibility index (Phi) is 2.17. The summed E-state index contributed by atoms with van der Waals surface area (Å²) in [6.45, 7) is 0. The largest absolute Gasteiger partial charge is 0.479 e. The van der Waals surface area contributed by atoms with Crippen molar-refractivity contribution in [2.75, 3.05) is 11.9 Å². The summed E-state index contributed by atoms with van der Waals surface area (Å²) in [5, 5.41) is 9.27. The van der Waals surface area contributed by atoms with Crippen LogP contribution >= 0.6 is 0 Å². The summed E-state index contributed by atoms with van der Waals surface area (Å²) in [6.07, 6.45) is 5.87. The monoisotopic (exact) mass is 209 g/mol. The lowest BCUT2D eigenvalue weighted by atomic mass is 9.75. The molecule has 0 amide bonds. The van der Waals surface area contributed by atoms with E-state index in [1.807, 2.05) is 17.8 Å². The van der Waals surface area contributed by atoms with Crippen LogP contribution < -0.4 is 4.90 Å². The van der Waals surface area contributed by atoms with Gasteiger partial charge < -0.3 is 14.6 Å². The number of carbonyl (C=O) groups is 1. The Hall–Kier alpha value is -1.52. The molecule has 0 radical (unpaired) electrons. The van der Waals surface area contributed by atoms with Crippen molar-refractivity contribution < 1.29 is 9.90 Å². The van der Waals surface area contributed by atoms with Crippen LogP contribution in [0, 0.1) is 0 Å². The van der Waals surface area contributed by atoms with Gasteiger partial charge in [-0.15, -0.1) is 0 Å². The highest BCUT2D eigenvalue weighted by Gasteiger charge is 2.49. The third kappa shape index (κ3) is 1.30. The number of rotatable bonds is 3. The minimum atomic E-state index is -0.751. The second kappa shape index (κ2) is 3.25. The van der Waals surface area contributed by atoms with Crippen molar-refractivity contribution in [2.45, 2.75) is 24.8 Å². The summed E-state index contributed by atoms with van der Waals surface area (Å²) in [5.74, 6) is -0.0450. The molecule has 0 unspecified atom stereocenters. The van der Waals surface area contributed by atoms with Crippen LogP contribution in [0.4, 0.5) is 5.95 Å². The Bertz CT molecular complexity index is 382. The van der Waals surface area contributed by atoms with Crippen LogP contribution in [0.15, 0.2) is 12.4 Å². The molecule has 1 heterocycles. The lowest BCUT2D eigenvalue weighted by Crippen LogP contribution is -2.58. The summed E-state index contributed by atoms with van der Waals surface area (Å²) in [5.41, 5.74) is -0.737. The van der Waals surface area contributed by atoms with Crippen molar-refractivity contribution in [3.8, 4) is 0 Å². The molecular weight excluding hydrogens is 194 g/mol. The van der Waals surface area contributed by atoms with Crippen LogP contribution in [0.3, 0.4) is 0 Å². The van der Waals surface area contributed by atoms with E-state index in [4.69, 9.17) is 0 Å². The molecule has 2 rings (SSSR count). The highest BCUT2D eigenvalue weighted by molar-refractivity contribution is 5.84. The second-order valence-electron chi connectivity index (χ2n) is 4.09.